The van der Waals surface area contributed by atoms with E-state index >= 15 is 0 Å². The minimum absolute atomic E-state index is 0.0831. The molecule has 4 rings (SSSR count). The van der Waals surface area contributed by atoms with Gasteiger partial charge in [0.05, 0.1) is 11.2 Å². The first-order chi connectivity index (χ1) is 21.4. The van der Waals surface area contributed by atoms with Crippen LogP contribution in [0.1, 0.15) is 131 Å². The summed E-state index contributed by atoms with van der Waals surface area (Å²) in [6, 6.07) is 25.2. The van der Waals surface area contributed by atoms with Crippen molar-refractivity contribution in [2.24, 2.45) is 0 Å². The molecule has 0 aliphatic carbocycles. The van der Waals surface area contributed by atoms with Crippen LogP contribution >= 0.6 is 0 Å². The Bertz CT molecular complexity index is 1610. The normalized spacial score (nSPS) is 12.5. The maximum atomic E-state index is 10.5. The summed E-state index contributed by atoms with van der Waals surface area (Å²) in [5.74, 6) is 1.61. The third-order valence-corrected chi connectivity index (χ3v) is 9.22. The van der Waals surface area contributed by atoms with Crippen LogP contribution in [0.4, 0.5) is 0 Å². The van der Waals surface area contributed by atoms with E-state index in [1.807, 2.05) is 53.7 Å². The molecule has 0 fully saturated rings. The van der Waals surface area contributed by atoms with Crippen molar-refractivity contribution in [1.29, 1.82) is 0 Å². The van der Waals surface area contributed by atoms with Crippen molar-refractivity contribution in [3.8, 4) is 11.5 Å². The van der Waals surface area contributed by atoms with Crippen LogP contribution in [-0.4, -0.2) is 15.3 Å². The Balaban J connectivity index is 0.000000386. The Morgan fingerprint density at radius 2 is 0.872 bits per heavy atom. The van der Waals surface area contributed by atoms with Gasteiger partial charge in [0.15, 0.2) is 0 Å². The number of phenolic OH excluding ortho intramolecular Hbond substituents is 1. The molecular weight excluding hydrogens is 580 g/mol. The van der Waals surface area contributed by atoms with E-state index in [0.29, 0.717) is 5.92 Å². The molecule has 0 amide bonds. The van der Waals surface area contributed by atoms with Crippen molar-refractivity contribution < 1.29 is 20.1 Å². The Hall–Kier alpha value is -3.60. The number of hydrogen-bond acceptors (Lipinski definition) is 4. The van der Waals surface area contributed by atoms with Gasteiger partial charge in [0, 0.05) is 5.41 Å². The lowest BCUT2D eigenvalue weighted by atomic mass is 9.77. The minimum Gasteiger partial charge on any atom is -0.508 e. The van der Waals surface area contributed by atoms with Crippen LogP contribution in [0.5, 0.6) is 11.5 Å². The molecule has 4 aromatic rings. The molecule has 0 unspecified atom stereocenters. The number of aliphatic hydroxyl groups is 2. The van der Waals surface area contributed by atoms with E-state index in [2.05, 4.69) is 90.1 Å². The summed E-state index contributed by atoms with van der Waals surface area (Å²) < 4.78 is 6.48. The molecule has 0 saturated carbocycles. The van der Waals surface area contributed by atoms with Gasteiger partial charge in [-0.3, -0.25) is 0 Å². The zero-order valence-electron chi connectivity index (χ0n) is 31.3. The van der Waals surface area contributed by atoms with Crippen LogP contribution in [0, 0.1) is 27.7 Å². The summed E-state index contributed by atoms with van der Waals surface area (Å²) in [6.07, 6.45) is 0. The molecule has 0 aliphatic heterocycles. The zero-order valence-corrected chi connectivity index (χ0v) is 31.3. The highest BCUT2D eigenvalue weighted by Crippen LogP contribution is 2.37. The Labute approximate surface area is 284 Å². The smallest absolute Gasteiger partial charge is 0.128 e. The third kappa shape index (κ3) is 9.06. The molecule has 4 nitrogen and oxygen atoms in total. The molecule has 4 aromatic carbocycles. The second-order valence-electron chi connectivity index (χ2n) is 15.6. The number of phenols is 1. The average Bonchev–Trinajstić information content (AvgIpc) is 2.90. The fourth-order valence-electron chi connectivity index (χ4n) is 6.95. The molecule has 0 spiro atoms. The van der Waals surface area contributed by atoms with Gasteiger partial charge in [-0.2, -0.15) is 0 Å². The average molecular weight is 639 g/mol. The fourth-order valence-corrected chi connectivity index (χ4v) is 6.95. The number of rotatable bonds is 8. The van der Waals surface area contributed by atoms with E-state index in [0.717, 1.165) is 44.7 Å². The van der Waals surface area contributed by atoms with Crippen molar-refractivity contribution in [3.05, 3.63) is 128 Å². The zero-order chi connectivity index (χ0) is 35.7. The van der Waals surface area contributed by atoms with Gasteiger partial charge in [-0.15, -0.1) is 0 Å². The molecular formula is C43H58O4. The van der Waals surface area contributed by atoms with Gasteiger partial charge >= 0.3 is 0 Å². The monoisotopic (exact) mass is 638 g/mol. The first-order valence-electron chi connectivity index (χ1n) is 16.7. The molecule has 3 N–H and O–H groups in total. The van der Waals surface area contributed by atoms with Crippen LogP contribution in [0.25, 0.3) is 0 Å². The molecule has 254 valence electrons. The highest BCUT2D eigenvalue weighted by molar-refractivity contribution is 5.46. The second kappa shape index (κ2) is 13.9. The number of aryl methyl sites for hydroxylation is 4. The summed E-state index contributed by atoms with van der Waals surface area (Å²) in [4.78, 5) is 0. The van der Waals surface area contributed by atoms with Crippen LogP contribution in [0.3, 0.4) is 0 Å². The first-order valence-corrected chi connectivity index (χ1v) is 16.7. The summed E-state index contributed by atoms with van der Waals surface area (Å²) in [5, 5.41) is 29.7. The molecule has 4 heteroatoms. The van der Waals surface area contributed by atoms with Crippen molar-refractivity contribution in [2.45, 2.75) is 125 Å². The molecule has 0 aliphatic rings. The first kappa shape index (κ1) is 37.9. The number of aromatic hydroxyl groups is 1. The number of ether oxygens (including phenoxy) is 1. The molecule has 0 atom stereocenters. The van der Waals surface area contributed by atoms with Crippen molar-refractivity contribution in [1.82, 2.24) is 0 Å². The van der Waals surface area contributed by atoms with E-state index in [4.69, 9.17) is 4.74 Å². The quantitative estimate of drug-likeness (QED) is 0.180. The van der Waals surface area contributed by atoms with Gasteiger partial charge in [-0.25, -0.2) is 0 Å². The van der Waals surface area contributed by atoms with Gasteiger partial charge in [-0.1, -0.05) is 76.2 Å². The lowest BCUT2D eigenvalue weighted by Crippen LogP contribution is -2.26. The molecule has 0 saturated heterocycles. The number of benzene rings is 4. The van der Waals surface area contributed by atoms with Crippen LogP contribution < -0.4 is 4.74 Å². The molecule has 0 bridgehead atoms. The second-order valence-corrected chi connectivity index (χ2v) is 15.6. The maximum Gasteiger partial charge on any atom is 0.128 e. The van der Waals surface area contributed by atoms with Gasteiger partial charge in [0.1, 0.15) is 17.1 Å². The summed E-state index contributed by atoms with van der Waals surface area (Å²) in [5.41, 5.74) is 8.59. The van der Waals surface area contributed by atoms with E-state index in [9.17, 15) is 15.3 Å². The van der Waals surface area contributed by atoms with Crippen molar-refractivity contribution in [3.63, 3.8) is 0 Å². The van der Waals surface area contributed by atoms with Crippen molar-refractivity contribution in [2.75, 3.05) is 0 Å². The van der Waals surface area contributed by atoms with Gasteiger partial charge < -0.3 is 20.1 Å². The third-order valence-electron chi connectivity index (χ3n) is 9.22. The number of hydrogen-bond donors (Lipinski definition) is 3. The summed E-state index contributed by atoms with van der Waals surface area (Å²) >= 11 is 0. The molecule has 0 heterocycles. The standard InChI is InChI=1S/C32H42O2.C11H16O2/c1-21(2)24-11-13-25(14-12-24)30(5,6)26-15-17-27(18-16-26)32(9,10)34-28-19-22(3)29(23(4)20-28)31(7,8)33;1-7-5-9(12)6-8(2)10(7)11(3,4)13/h11-21,33H,1-10H3;5-6,12-13H,1-4H3. The van der Waals surface area contributed by atoms with E-state index in [-0.39, 0.29) is 11.2 Å². The molecule has 47 heavy (non-hydrogen) atoms. The minimum atomic E-state index is -0.875. The highest BCUT2D eigenvalue weighted by Gasteiger charge is 2.28. The maximum absolute atomic E-state index is 10.5. The molecule has 0 radical (unpaired) electrons. The predicted octanol–water partition coefficient (Wildman–Crippen LogP) is 10.5. The van der Waals surface area contributed by atoms with Gasteiger partial charge in [0.2, 0.25) is 0 Å². The van der Waals surface area contributed by atoms with Gasteiger partial charge in [-0.05, 0) is 155 Å². The summed E-state index contributed by atoms with van der Waals surface area (Å²) in [6.45, 7) is 28.2. The highest BCUT2D eigenvalue weighted by atomic mass is 16.5. The topological polar surface area (TPSA) is 69.9 Å². The van der Waals surface area contributed by atoms with Crippen LogP contribution in [0.2, 0.25) is 0 Å². The molecule has 0 aromatic heterocycles. The van der Waals surface area contributed by atoms with Crippen molar-refractivity contribution >= 4 is 0 Å². The van der Waals surface area contributed by atoms with Gasteiger partial charge in [0.25, 0.3) is 0 Å². The Kier molecular flexibility index (Phi) is 11.2. The Morgan fingerprint density at radius 3 is 1.23 bits per heavy atom. The van der Waals surface area contributed by atoms with Crippen LogP contribution in [-0.2, 0) is 22.2 Å². The predicted molar refractivity (Wildman–Crippen MR) is 197 cm³/mol. The SMILES string of the molecule is Cc1cc(O)cc(C)c1C(C)(C)O.Cc1cc(OC(C)(C)c2ccc(C(C)(C)c3ccc(C(C)C)cc3)cc2)cc(C)c1C(C)(C)O. The van der Waals surface area contributed by atoms with Crippen LogP contribution in [0.15, 0.2) is 72.8 Å². The fraction of sp³-hybridized carbons (Fsp3) is 0.442. The van der Waals surface area contributed by atoms with E-state index in [1.165, 1.54) is 16.7 Å². The van der Waals surface area contributed by atoms with E-state index in [1.54, 1.807) is 26.0 Å². The Morgan fingerprint density at radius 1 is 0.532 bits per heavy atom. The van der Waals surface area contributed by atoms with E-state index < -0.39 is 16.8 Å². The lowest BCUT2D eigenvalue weighted by molar-refractivity contribution is 0.0762. The summed E-state index contributed by atoms with van der Waals surface area (Å²) in [7, 11) is 0. The largest absolute Gasteiger partial charge is 0.508 e. The lowest BCUT2D eigenvalue weighted by Gasteiger charge is -2.31.